The van der Waals surface area contributed by atoms with Gasteiger partial charge in [-0.3, -0.25) is 9.69 Å². The van der Waals surface area contributed by atoms with Gasteiger partial charge in [-0.1, -0.05) is 0 Å². The minimum Gasteiger partial charge on any atom is -0.480 e. The van der Waals surface area contributed by atoms with E-state index in [2.05, 4.69) is 5.32 Å². The molecule has 5 heteroatoms. The van der Waals surface area contributed by atoms with Gasteiger partial charge in [0, 0.05) is 39.7 Å². The Morgan fingerprint density at radius 3 is 2.50 bits per heavy atom. The zero-order chi connectivity index (χ0) is 12.2. The first-order valence-electron chi connectivity index (χ1n) is 5.69. The van der Waals surface area contributed by atoms with Crippen molar-refractivity contribution >= 4 is 5.97 Å². The summed E-state index contributed by atoms with van der Waals surface area (Å²) in [5.41, 5.74) is -0.395. The van der Waals surface area contributed by atoms with E-state index in [0.29, 0.717) is 6.42 Å². The fourth-order valence-electron chi connectivity index (χ4n) is 1.92. The Bertz CT molecular complexity index is 237. The lowest BCUT2D eigenvalue weighted by molar-refractivity contribution is -0.146. The molecule has 0 aromatic carbocycles. The number of rotatable bonds is 5. The van der Waals surface area contributed by atoms with Crippen LogP contribution in [0.2, 0.25) is 0 Å². The standard InChI is InChI=1S/C11H22N2O3/c1-11(2,16-3)8-9(10(14)15)13-6-4-12-5-7-13/h9,12H,4-8H2,1-3H3,(H,14,15). The summed E-state index contributed by atoms with van der Waals surface area (Å²) < 4.78 is 5.30. The molecule has 5 nitrogen and oxygen atoms in total. The molecule has 1 unspecified atom stereocenters. The van der Waals surface area contributed by atoms with Gasteiger partial charge in [0.2, 0.25) is 0 Å². The number of hydrogen-bond acceptors (Lipinski definition) is 4. The van der Waals surface area contributed by atoms with Crippen molar-refractivity contribution in [2.75, 3.05) is 33.3 Å². The highest BCUT2D eigenvalue weighted by Gasteiger charge is 2.32. The normalized spacial score (nSPS) is 20.7. The van der Waals surface area contributed by atoms with Crippen LogP contribution < -0.4 is 5.32 Å². The second-order valence-corrected chi connectivity index (χ2v) is 4.81. The van der Waals surface area contributed by atoms with Crippen molar-refractivity contribution in [2.45, 2.75) is 31.9 Å². The molecule has 0 spiro atoms. The van der Waals surface area contributed by atoms with Crippen molar-refractivity contribution < 1.29 is 14.6 Å². The van der Waals surface area contributed by atoms with Crippen LogP contribution in [0.1, 0.15) is 20.3 Å². The van der Waals surface area contributed by atoms with Crippen LogP contribution in [0.15, 0.2) is 0 Å². The predicted octanol–water partition coefficient (Wildman–Crippen LogP) is 0.160. The third-order valence-electron chi connectivity index (χ3n) is 3.11. The van der Waals surface area contributed by atoms with Crippen LogP contribution in [0.25, 0.3) is 0 Å². The molecule has 0 aromatic heterocycles. The number of carboxylic acids is 1. The molecule has 0 amide bonds. The lowest BCUT2D eigenvalue weighted by Crippen LogP contribution is -2.53. The molecule has 16 heavy (non-hydrogen) atoms. The summed E-state index contributed by atoms with van der Waals surface area (Å²) >= 11 is 0. The number of hydrogen-bond donors (Lipinski definition) is 2. The van der Waals surface area contributed by atoms with Gasteiger partial charge in [-0.05, 0) is 13.8 Å². The molecule has 1 atom stereocenters. The van der Waals surface area contributed by atoms with Crippen molar-refractivity contribution in [2.24, 2.45) is 0 Å². The molecule has 2 N–H and O–H groups in total. The molecular formula is C11H22N2O3. The monoisotopic (exact) mass is 230 g/mol. The van der Waals surface area contributed by atoms with Gasteiger partial charge < -0.3 is 15.2 Å². The van der Waals surface area contributed by atoms with E-state index in [1.54, 1.807) is 7.11 Å². The summed E-state index contributed by atoms with van der Waals surface area (Å²) in [5, 5.41) is 12.5. The molecule has 1 rings (SSSR count). The number of piperazine rings is 1. The minimum atomic E-state index is -0.757. The van der Waals surface area contributed by atoms with Gasteiger partial charge in [0.1, 0.15) is 6.04 Å². The second kappa shape index (κ2) is 5.61. The lowest BCUT2D eigenvalue weighted by atomic mass is 9.97. The summed E-state index contributed by atoms with van der Waals surface area (Å²) in [6.45, 7) is 7.14. The molecular weight excluding hydrogens is 208 g/mol. The average Bonchev–Trinajstić information content (AvgIpc) is 2.27. The molecule has 1 aliphatic heterocycles. The first-order valence-corrected chi connectivity index (χ1v) is 5.69. The fourth-order valence-corrected chi connectivity index (χ4v) is 1.92. The predicted molar refractivity (Wildman–Crippen MR) is 61.6 cm³/mol. The number of carboxylic acid groups (broad SMARTS) is 1. The van der Waals surface area contributed by atoms with E-state index in [0.717, 1.165) is 26.2 Å². The van der Waals surface area contributed by atoms with Gasteiger partial charge in [-0.25, -0.2) is 0 Å². The average molecular weight is 230 g/mol. The van der Waals surface area contributed by atoms with Crippen molar-refractivity contribution in [1.82, 2.24) is 10.2 Å². The van der Waals surface area contributed by atoms with Crippen LogP contribution in [0.5, 0.6) is 0 Å². The van der Waals surface area contributed by atoms with Crippen molar-refractivity contribution in [1.29, 1.82) is 0 Å². The maximum absolute atomic E-state index is 11.3. The van der Waals surface area contributed by atoms with Gasteiger partial charge in [-0.2, -0.15) is 0 Å². The van der Waals surface area contributed by atoms with Crippen LogP contribution in [0.4, 0.5) is 0 Å². The van der Waals surface area contributed by atoms with Crippen molar-refractivity contribution in [3.63, 3.8) is 0 Å². The SMILES string of the molecule is COC(C)(C)CC(C(=O)O)N1CCNCC1. The maximum atomic E-state index is 11.3. The van der Waals surface area contributed by atoms with E-state index in [4.69, 9.17) is 4.74 Å². The quantitative estimate of drug-likeness (QED) is 0.704. The number of carbonyl (C=O) groups is 1. The van der Waals surface area contributed by atoms with Crippen LogP contribution in [-0.2, 0) is 9.53 Å². The highest BCUT2D eigenvalue weighted by Crippen LogP contribution is 2.19. The summed E-state index contributed by atoms with van der Waals surface area (Å²) in [6.07, 6.45) is 0.513. The Hall–Kier alpha value is -0.650. The van der Waals surface area contributed by atoms with E-state index < -0.39 is 17.6 Å². The van der Waals surface area contributed by atoms with Gasteiger partial charge in [0.05, 0.1) is 5.60 Å². The minimum absolute atomic E-state index is 0.395. The molecule has 1 saturated heterocycles. The third kappa shape index (κ3) is 3.73. The van der Waals surface area contributed by atoms with E-state index in [1.807, 2.05) is 18.7 Å². The number of methoxy groups -OCH3 is 1. The summed E-state index contributed by atoms with van der Waals surface area (Å²) in [5.74, 6) is -0.757. The van der Waals surface area contributed by atoms with Crippen molar-refractivity contribution in [3.05, 3.63) is 0 Å². The van der Waals surface area contributed by atoms with Crippen molar-refractivity contribution in [3.8, 4) is 0 Å². The molecule has 94 valence electrons. The molecule has 0 bridgehead atoms. The zero-order valence-corrected chi connectivity index (χ0v) is 10.3. The van der Waals surface area contributed by atoms with Gasteiger partial charge in [0.15, 0.2) is 0 Å². The maximum Gasteiger partial charge on any atom is 0.321 e. The topological polar surface area (TPSA) is 61.8 Å². The van der Waals surface area contributed by atoms with Gasteiger partial charge in [0.25, 0.3) is 0 Å². The molecule has 1 heterocycles. The Kier molecular flexibility index (Phi) is 4.70. The summed E-state index contributed by atoms with van der Waals surface area (Å²) in [7, 11) is 1.62. The van der Waals surface area contributed by atoms with Crippen LogP contribution >= 0.6 is 0 Å². The summed E-state index contributed by atoms with van der Waals surface area (Å²) in [6, 6.07) is -0.447. The summed E-state index contributed by atoms with van der Waals surface area (Å²) in [4.78, 5) is 13.3. The van der Waals surface area contributed by atoms with Gasteiger partial charge >= 0.3 is 5.97 Å². The van der Waals surface area contributed by atoms with E-state index in [1.165, 1.54) is 0 Å². The third-order valence-corrected chi connectivity index (χ3v) is 3.11. The number of ether oxygens (including phenoxy) is 1. The van der Waals surface area contributed by atoms with Crippen LogP contribution in [0.3, 0.4) is 0 Å². The Morgan fingerprint density at radius 2 is 2.06 bits per heavy atom. The van der Waals surface area contributed by atoms with E-state index in [9.17, 15) is 9.90 Å². The zero-order valence-electron chi connectivity index (χ0n) is 10.3. The first kappa shape index (κ1) is 13.4. The molecule has 0 radical (unpaired) electrons. The number of nitrogens with zero attached hydrogens (tertiary/aromatic N) is 1. The lowest BCUT2D eigenvalue weighted by Gasteiger charge is -2.36. The Balaban J connectivity index is 2.63. The fraction of sp³-hybridized carbons (Fsp3) is 0.909. The van der Waals surface area contributed by atoms with Crippen LogP contribution in [0, 0.1) is 0 Å². The molecule has 0 saturated carbocycles. The second-order valence-electron chi connectivity index (χ2n) is 4.81. The van der Waals surface area contributed by atoms with E-state index in [-0.39, 0.29) is 0 Å². The largest absolute Gasteiger partial charge is 0.480 e. The van der Waals surface area contributed by atoms with Gasteiger partial charge in [-0.15, -0.1) is 0 Å². The Morgan fingerprint density at radius 1 is 1.50 bits per heavy atom. The highest BCUT2D eigenvalue weighted by molar-refractivity contribution is 5.73. The van der Waals surface area contributed by atoms with Crippen LogP contribution in [-0.4, -0.2) is 60.9 Å². The molecule has 0 aliphatic carbocycles. The Labute approximate surface area is 96.8 Å². The molecule has 1 fully saturated rings. The molecule has 1 aliphatic rings. The number of aliphatic carboxylic acids is 1. The molecule has 0 aromatic rings. The van der Waals surface area contributed by atoms with E-state index >= 15 is 0 Å². The highest BCUT2D eigenvalue weighted by atomic mass is 16.5. The first-order chi connectivity index (χ1) is 7.46. The smallest absolute Gasteiger partial charge is 0.321 e. The number of nitrogens with one attached hydrogen (secondary N) is 1.